The van der Waals surface area contributed by atoms with Gasteiger partial charge in [0.15, 0.2) is 0 Å². The topological polar surface area (TPSA) is 65.1 Å². The Bertz CT molecular complexity index is 877. The Labute approximate surface area is 387 Å². The van der Waals surface area contributed by atoms with Crippen LogP contribution in [0.5, 0.6) is 0 Å². The van der Waals surface area contributed by atoms with Crippen LogP contribution in [-0.2, 0) is 23.8 Å². The molecule has 0 bridgehead atoms. The van der Waals surface area contributed by atoms with Crippen molar-refractivity contribution in [3.05, 3.63) is 0 Å². The fourth-order valence-corrected chi connectivity index (χ4v) is 9.71. The van der Waals surface area contributed by atoms with Crippen molar-refractivity contribution in [1.29, 1.82) is 0 Å². The smallest absolute Gasteiger partial charge is 0.305 e. The monoisotopic (exact) mass is 876 g/mol. The van der Waals surface area contributed by atoms with Gasteiger partial charge in [-0.1, -0.05) is 201 Å². The van der Waals surface area contributed by atoms with Crippen LogP contribution in [0.25, 0.3) is 0 Å². The van der Waals surface area contributed by atoms with E-state index < -0.39 is 0 Å². The number of esters is 2. The number of piperidine rings is 1. The maximum Gasteiger partial charge on any atom is 0.305 e. The molecule has 1 aliphatic rings. The number of ether oxygens (including phenoxy) is 3. The highest BCUT2D eigenvalue weighted by Crippen LogP contribution is 2.24. The third kappa shape index (κ3) is 39.2. The Balaban J connectivity index is 2.20. The number of hydrogen-bond acceptors (Lipinski definition) is 6. The minimum Gasteiger partial charge on any atom is -0.466 e. The van der Waals surface area contributed by atoms with Crippen molar-refractivity contribution < 1.29 is 23.8 Å². The van der Waals surface area contributed by atoms with E-state index in [1.54, 1.807) is 0 Å². The molecule has 0 aromatic carbocycles. The molecule has 0 aliphatic carbocycles. The fourth-order valence-electron chi connectivity index (χ4n) is 9.71. The quantitative estimate of drug-likeness (QED) is 0.0448. The molecule has 0 saturated carbocycles. The standard InChI is InChI=1S/C56H109NO5/c1-5-9-13-24-38-52(36-11-7-3)40-34-50-61-55(58)44-28-21-17-15-19-26-42-54(60-49-33-32-48-57-46-30-23-31-47-57)43-27-20-16-18-22-29-45-56(59)62-51-35-41-53(37-12-8-4)39-25-14-10-6-2/h52-54H,5-51H2,1-4H3. The third-order valence-corrected chi connectivity index (χ3v) is 13.9. The van der Waals surface area contributed by atoms with Gasteiger partial charge in [-0.25, -0.2) is 0 Å². The largest absolute Gasteiger partial charge is 0.466 e. The minimum absolute atomic E-state index is 0.00826. The van der Waals surface area contributed by atoms with Crippen LogP contribution in [0.1, 0.15) is 291 Å². The SMILES string of the molecule is CCCCCCC(CCCC)CCCOC(=O)CCCCCCCCC(CCCCCCCCC(=O)OCCCC(CCCC)CCCCCC)OCCCCN1CCCCC1. The molecule has 62 heavy (non-hydrogen) atoms. The van der Waals surface area contributed by atoms with E-state index in [-0.39, 0.29) is 11.9 Å². The zero-order chi connectivity index (χ0) is 44.8. The summed E-state index contributed by atoms with van der Waals surface area (Å²) in [6, 6.07) is 0. The van der Waals surface area contributed by atoms with Crippen molar-refractivity contribution in [2.75, 3.05) is 39.5 Å². The van der Waals surface area contributed by atoms with Gasteiger partial charge in [0.05, 0.1) is 19.3 Å². The highest BCUT2D eigenvalue weighted by atomic mass is 16.5. The average molecular weight is 876 g/mol. The van der Waals surface area contributed by atoms with Crippen LogP contribution in [0.2, 0.25) is 0 Å². The Morgan fingerprint density at radius 3 is 1.24 bits per heavy atom. The van der Waals surface area contributed by atoms with E-state index in [9.17, 15) is 9.59 Å². The lowest BCUT2D eigenvalue weighted by molar-refractivity contribution is -0.144. The number of nitrogens with zero attached hydrogens (tertiary/aromatic N) is 1. The van der Waals surface area contributed by atoms with Gasteiger partial charge < -0.3 is 19.1 Å². The van der Waals surface area contributed by atoms with E-state index in [1.165, 1.54) is 232 Å². The Morgan fingerprint density at radius 1 is 0.387 bits per heavy atom. The number of likely N-dealkylation sites (tertiary alicyclic amines) is 1. The Kier molecular flexibility index (Phi) is 44.1. The van der Waals surface area contributed by atoms with Gasteiger partial charge in [-0.3, -0.25) is 9.59 Å². The molecule has 0 aromatic heterocycles. The molecule has 1 aliphatic heterocycles. The van der Waals surface area contributed by atoms with E-state index in [0.717, 1.165) is 57.0 Å². The molecule has 6 nitrogen and oxygen atoms in total. The number of rotatable bonds is 48. The minimum atomic E-state index is 0.00826. The van der Waals surface area contributed by atoms with Gasteiger partial charge in [0.1, 0.15) is 0 Å². The first-order valence-corrected chi connectivity index (χ1v) is 28.2. The summed E-state index contributed by atoms with van der Waals surface area (Å²) in [5.41, 5.74) is 0. The van der Waals surface area contributed by atoms with E-state index in [1.807, 2.05) is 0 Å². The number of hydrogen-bond donors (Lipinski definition) is 0. The summed E-state index contributed by atoms with van der Waals surface area (Å²) in [5, 5.41) is 0. The number of carbonyl (C=O) groups excluding carboxylic acids is 2. The van der Waals surface area contributed by atoms with Crippen LogP contribution in [0.15, 0.2) is 0 Å². The van der Waals surface area contributed by atoms with Crippen molar-refractivity contribution in [1.82, 2.24) is 4.90 Å². The second kappa shape index (κ2) is 46.4. The molecule has 0 spiro atoms. The van der Waals surface area contributed by atoms with Crippen LogP contribution >= 0.6 is 0 Å². The molecular weight excluding hydrogens is 767 g/mol. The summed E-state index contributed by atoms with van der Waals surface area (Å²) < 4.78 is 17.8. The average Bonchev–Trinajstić information content (AvgIpc) is 3.28. The summed E-state index contributed by atoms with van der Waals surface area (Å²) >= 11 is 0. The molecule has 1 saturated heterocycles. The third-order valence-electron chi connectivity index (χ3n) is 13.9. The normalized spacial score (nSPS) is 14.8. The molecule has 1 fully saturated rings. The second-order valence-corrected chi connectivity index (χ2v) is 19.9. The molecule has 0 N–H and O–H groups in total. The van der Waals surface area contributed by atoms with Crippen LogP contribution in [-0.4, -0.2) is 62.4 Å². The number of unbranched alkanes of at least 4 members (excludes halogenated alkanes) is 19. The summed E-state index contributed by atoms with van der Waals surface area (Å²) in [5.74, 6) is 1.64. The van der Waals surface area contributed by atoms with E-state index in [4.69, 9.17) is 14.2 Å². The highest BCUT2D eigenvalue weighted by Gasteiger charge is 2.14. The first-order valence-electron chi connectivity index (χ1n) is 28.2. The van der Waals surface area contributed by atoms with Gasteiger partial charge in [-0.15, -0.1) is 0 Å². The van der Waals surface area contributed by atoms with Gasteiger partial charge in [0.25, 0.3) is 0 Å². The zero-order valence-electron chi connectivity index (χ0n) is 42.5. The fraction of sp³-hybridized carbons (Fsp3) is 0.964. The summed E-state index contributed by atoms with van der Waals surface area (Å²) in [7, 11) is 0. The highest BCUT2D eigenvalue weighted by molar-refractivity contribution is 5.69. The van der Waals surface area contributed by atoms with Crippen LogP contribution < -0.4 is 0 Å². The van der Waals surface area contributed by atoms with Gasteiger partial charge in [-0.2, -0.15) is 0 Å². The Morgan fingerprint density at radius 2 is 0.774 bits per heavy atom. The summed E-state index contributed by atoms with van der Waals surface area (Å²) in [6.07, 6.45) is 50.4. The zero-order valence-corrected chi connectivity index (χ0v) is 42.5. The second-order valence-electron chi connectivity index (χ2n) is 19.9. The first kappa shape index (κ1) is 58.9. The lowest BCUT2D eigenvalue weighted by Crippen LogP contribution is -2.30. The molecule has 368 valence electrons. The molecule has 1 heterocycles. The van der Waals surface area contributed by atoms with Gasteiger partial charge in [-0.05, 0) is 109 Å². The van der Waals surface area contributed by atoms with Crippen LogP contribution in [0.4, 0.5) is 0 Å². The maximum atomic E-state index is 12.4. The molecular formula is C56H109NO5. The predicted molar refractivity (Wildman–Crippen MR) is 267 cm³/mol. The molecule has 2 atom stereocenters. The molecule has 6 heteroatoms. The van der Waals surface area contributed by atoms with Gasteiger partial charge >= 0.3 is 11.9 Å². The van der Waals surface area contributed by atoms with Crippen molar-refractivity contribution in [3.63, 3.8) is 0 Å². The summed E-state index contributed by atoms with van der Waals surface area (Å²) in [4.78, 5) is 27.4. The van der Waals surface area contributed by atoms with E-state index >= 15 is 0 Å². The number of carbonyl (C=O) groups is 2. The lowest BCUT2D eigenvalue weighted by Gasteiger charge is -2.26. The van der Waals surface area contributed by atoms with E-state index in [0.29, 0.717) is 32.2 Å². The lowest BCUT2D eigenvalue weighted by atomic mass is 9.91. The van der Waals surface area contributed by atoms with Gasteiger partial charge in [0, 0.05) is 19.4 Å². The van der Waals surface area contributed by atoms with Crippen LogP contribution in [0, 0.1) is 11.8 Å². The van der Waals surface area contributed by atoms with Crippen molar-refractivity contribution >= 4 is 11.9 Å². The molecule has 0 radical (unpaired) electrons. The Hall–Kier alpha value is -1.14. The first-order chi connectivity index (χ1) is 30.5. The molecule has 0 aromatic rings. The van der Waals surface area contributed by atoms with Crippen molar-refractivity contribution in [2.24, 2.45) is 11.8 Å². The molecule has 1 rings (SSSR count). The van der Waals surface area contributed by atoms with Crippen molar-refractivity contribution in [2.45, 2.75) is 297 Å². The van der Waals surface area contributed by atoms with E-state index in [2.05, 4.69) is 32.6 Å². The van der Waals surface area contributed by atoms with Gasteiger partial charge in [0.2, 0.25) is 0 Å². The summed E-state index contributed by atoms with van der Waals surface area (Å²) in [6.45, 7) is 15.1. The predicted octanol–water partition coefficient (Wildman–Crippen LogP) is 17.1. The molecule has 0 amide bonds. The molecule has 2 unspecified atom stereocenters. The van der Waals surface area contributed by atoms with Crippen LogP contribution in [0.3, 0.4) is 0 Å². The maximum absolute atomic E-state index is 12.4. The van der Waals surface area contributed by atoms with Crippen molar-refractivity contribution in [3.8, 4) is 0 Å².